The molecule has 0 saturated carbocycles. The molecule has 2 bridgehead atoms. The maximum absolute atomic E-state index is 14.4. The maximum Gasteiger partial charge on any atom is 0.254 e. The SMILES string of the molecule is Cc1nnc2nc1N1CCCC[C@@H]1c1cc(F)ccc1C(=O)N(C)Cc1nn(C)c(C#N)c1-2. The summed E-state index contributed by atoms with van der Waals surface area (Å²) >= 11 is 0. The van der Waals surface area contributed by atoms with Crippen LogP contribution < -0.4 is 4.90 Å². The van der Waals surface area contributed by atoms with Crippen molar-refractivity contribution in [2.45, 2.75) is 38.8 Å². The summed E-state index contributed by atoms with van der Waals surface area (Å²) in [7, 11) is 3.34. The number of nitriles is 1. The van der Waals surface area contributed by atoms with Gasteiger partial charge in [0.1, 0.15) is 23.3 Å². The number of rotatable bonds is 0. The number of hydrogen-bond donors (Lipinski definition) is 0. The Kier molecular flexibility index (Phi) is 5.04. The van der Waals surface area contributed by atoms with Gasteiger partial charge < -0.3 is 9.80 Å². The fourth-order valence-corrected chi connectivity index (χ4v) is 4.82. The van der Waals surface area contributed by atoms with E-state index < -0.39 is 0 Å². The van der Waals surface area contributed by atoms with Gasteiger partial charge in [0.25, 0.3) is 5.91 Å². The van der Waals surface area contributed by atoms with Gasteiger partial charge in [0, 0.05) is 26.2 Å². The van der Waals surface area contributed by atoms with Crippen LogP contribution in [-0.2, 0) is 13.6 Å². The summed E-state index contributed by atoms with van der Waals surface area (Å²) in [5, 5.41) is 22.9. The quantitative estimate of drug-likeness (QED) is 0.523. The van der Waals surface area contributed by atoms with Crippen LogP contribution in [0.5, 0.6) is 0 Å². The Balaban J connectivity index is 1.81. The standard InChI is InChI=1S/C23H23FN8O/c1-13-22-26-21(28-27-13)20-17(29-31(3)19(20)11-25)12-30(2)23(33)15-8-7-14(24)10-16(15)18-6-4-5-9-32(18)22/h7-8,10,18H,4-6,9,12H2,1-3H3/t18-/m1/s1. The number of anilines is 1. The highest BCUT2D eigenvalue weighted by molar-refractivity contribution is 5.96. The lowest BCUT2D eigenvalue weighted by Crippen LogP contribution is -2.37. The third-order valence-corrected chi connectivity index (χ3v) is 6.39. The molecule has 1 saturated heterocycles. The highest BCUT2D eigenvalue weighted by atomic mass is 19.1. The molecule has 10 heteroatoms. The van der Waals surface area contributed by atoms with Crippen LogP contribution in [0.15, 0.2) is 18.2 Å². The molecule has 0 N–H and O–H groups in total. The second-order valence-electron chi connectivity index (χ2n) is 8.55. The molecule has 4 heterocycles. The van der Waals surface area contributed by atoms with Crippen molar-refractivity contribution in [3.05, 3.63) is 52.2 Å². The van der Waals surface area contributed by atoms with Crippen molar-refractivity contribution in [3.8, 4) is 17.5 Å². The monoisotopic (exact) mass is 446 g/mol. The minimum Gasteiger partial charge on any atom is -0.348 e. The van der Waals surface area contributed by atoms with Crippen molar-refractivity contribution in [3.63, 3.8) is 0 Å². The number of hydrogen-bond acceptors (Lipinski definition) is 7. The summed E-state index contributed by atoms with van der Waals surface area (Å²) in [6, 6.07) is 6.28. The Morgan fingerprint density at radius 1 is 1.21 bits per heavy atom. The number of benzene rings is 1. The van der Waals surface area contributed by atoms with Crippen LogP contribution in [-0.4, -0.2) is 49.4 Å². The van der Waals surface area contributed by atoms with Gasteiger partial charge in [-0.3, -0.25) is 9.48 Å². The molecule has 168 valence electrons. The van der Waals surface area contributed by atoms with Gasteiger partial charge in [-0.2, -0.15) is 10.4 Å². The summed E-state index contributed by atoms with van der Waals surface area (Å²) in [5.41, 5.74) is 3.01. The molecule has 5 rings (SSSR count). The Labute approximate surface area is 190 Å². The fourth-order valence-electron chi connectivity index (χ4n) is 4.82. The van der Waals surface area contributed by atoms with Gasteiger partial charge in [-0.1, -0.05) is 0 Å². The Bertz CT molecular complexity index is 1310. The summed E-state index contributed by atoms with van der Waals surface area (Å²) in [4.78, 5) is 22.0. The Morgan fingerprint density at radius 2 is 2.03 bits per heavy atom. The van der Waals surface area contributed by atoms with Gasteiger partial charge in [-0.15, -0.1) is 10.2 Å². The number of nitrogens with zero attached hydrogens (tertiary/aromatic N) is 8. The summed E-state index contributed by atoms with van der Waals surface area (Å²) in [6.45, 7) is 2.66. The van der Waals surface area contributed by atoms with Gasteiger partial charge in [0.05, 0.1) is 23.8 Å². The fraction of sp³-hybridized carbons (Fsp3) is 0.391. The molecular weight excluding hydrogens is 423 g/mol. The van der Waals surface area contributed by atoms with Crippen molar-refractivity contribution in [2.24, 2.45) is 7.05 Å². The maximum atomic E-state index is 14.4. The molecule has 33 heavy (non-hydrogen) atoms. The molecule has 1 atom stereocenters. The molecule has 2 aliphatic heterocycles. The molecule has 1 fully saturated rings. The van der Waals surface area contributed by atoms with E-state index in [1.165, 1.54) is 21.7 Å². The van der Waals surface area contributed by atoms with Crippen molar-refractivity contribution in [2.75, 3.05) is 18.5 Å². The van der Waals surface area contributed by atoms with Crippen LogP contribution in [0, 0.1) is 24.1 Å². The predicted octanol–water partition coefficient (Wildman–Crippen LogP) is 2.91. The van der Waals surface area contributed by atoms with E-state index in [2.05, 4.69) is 26.3 Å². The summed E-state index contributed by atoms with van der Waals surface area (Å²) < 4.78 is 15.9. The van der Waals surface area contributed by atoms with Gasteiger partial charge in [0.2, 0.25) is 0 Å². The van der Waals surface area contributed by atoms with E-state index in [-0.39, 0.29) is 24.3 Å². The zero-order valence-electron chi connectivity index (χ0n) is 18.7. The van der Waals surface area contributed by atoms with Crippen molar-refractivity contribution in [1.29, 1.82) is 5.26 Å². The molecule has 3 aromatic rings. The lowest BCUT2D eigenvalue weighted by atomic mass is 9.91. The Hall–Kier alpha value is -3.87. The molecule has 2 aliphatic rings. The number of carbonyl (C=O) groups is 1. The van der Waals surface area contributed by atoms with E-state index in [1.54, 1.807) is 20.2 Å². The lowest BCUT2D eigenvalue weighted by molar-refractivity contribution is 0.0781. The second-order valence-corrected chi connectivity index (χ2v) is 8.55. The van der Waals surface area contributed by atoms with Crippen molar-refractivity contribution in [1.82, 2.24) is 29.9 Å². The van der Waals surface area contributed by atoms with Gasteiger partial charge in [-0.05, 0) is 49.9 Å². The van der Waals surface area contributed by atoms with Crippen LogP contribution in [0.3, 0.4) is 0 Å². The number of carbonyl (C=O) groups excluding carboxylic acids is 1. The first kappa shape index (κ1) is 21.0. The van der Waals surface area contributed by atoms with E-state index in [0.717, 1.165) is 19.3 Å². The average Bonchev–Trinajstić information content (AvgIpc) is 3.12. The van der Waals surface area contributed by atoms with E-state index in [0.29, 0.717) is 52.0 Å². The number of aromatic nitrogens is 5. The molecular formula is C23H23FN8O. The molecule has 0 aliphatic carbocycles. The highest BCUT2D eigenvalue weighted by Gasteiger charge is 2.33. The highest BCUT2D eigenvalue weighted by Crippen LogP contribution is 2.38. The molecule has 2 aromatic heterocycles. The van der Waals surface area contributed by atoms with E-state index in [9.17, 15) is 14.4 Å². The van der Waals surface area contributed by atoms with Crippen molar-refractivity contribution < 1.29 is 9.18 Å². The Morgan fingerprint density at radius 3 is 2.82 bits per heavy atom. The number of fused-ring (bicyclic) bond motifs is 8. The van der Waals surface area contributed by atoms with Crippen LogP contribution in [0.4, 0.5) is 10.2 Å². The molecule has 9 nitrogen and oxygen atoms in total. The predicted molar refractivity (Wildman–Crippen MR) is 118 cm³/mol. The second kappa shape index (κ2) is 7.92. The average molecular weight is 446 g/mol. The van der Waals surface area contributed by atoms with Gasteiger partial charge in [-0.25, -0.2) is 9.37 Å². The third kappa shape index (κ3) is 3.40. The molecule has 0 spiro atoms. The van der Waals surface area contributed by atoms with Gasteiger partial charge >= 0.3 is 0 Å². The minimum atomic E-state index is -0.384. The zero-order valence-corrected chi connectivity index (χ0v) is 18.7. The minimum absolute atomic E-state index is 0.140. The van der Waals surface area contributed by atoms with E-state index >= 15 is 0 Å². The zero-order chi connectivity index (χ0) is 23.3. The lowest BCUT2D eigenvalue weighted by Gasteiger charge is -2.38. The van der Waals surface area contributed by atoms with Crippen LogP contribution >= 0.6 is 0 Å². The van der Waals surface area contributed by atoms with Crippen LogP contribution in [0.25, 0.3) is 11.4 Å². The molecule has 0 unspecified atom stereocenters. The van der Waals surface area contributed by atoms with E-state index in [4.69, 9.17) is 4.98 Å². The number of halogens is 1. The van der Waals surface area contributed by atoms with E-state index in [1.807, 2.05) is 6.92 Å². The first-order chi connectivity index (χ1) is 15.9. The molecule has 1 aromatic carbocycles. The number of aryl methyl sites for hydroxylation is 2. The van der Waals surface area contributed by atoms with Crippen LogP contribution in [0.2, 0.25) is 0 Å². The topological polar surface area (TPSA) is 104 Å². The summed E-state index contributed by atoms with van der Waals surface area (Å²) in [5.74, 6) is 0.303. The van der Waals surface area contributed by atoms with Crippen LogP contribution in [0.1, 0.15) is 58.3 Å². The van der Waals surface area contributed by atoms with Crippen molar-refractivity contribution >= 4 is 11.7 Å². The summed E-state index contributed by atoms with van der Waals surface area (Å²) in [6.07, 6.45) is 2.65. The number of amides is 1. The smallest absolute Gasteiger partial charge is 0.254 e. The van der Waals surface area contributed by atoms with Gasteiger partial charge in [0.15, 0.2) is 11.6 Å². The first-order valence-corrected chi connectivity index (χ1v) is 10.9. The first-order valence-electron chi connectivity index (χ1n) is 10.9. The largest absolute Gasteiger partial charge is 0.348 e. The third-order valence-electron chi connectivity index (χ3n) is 6.39. The molecule has 1 amide bonds. The number of piperidine rings is 1. The molecule has 0 radical (unpaired) electrons. The normalized spacial score (nSPS) is 17.9.